The van der Waals surface area contributed by atoms with Crippen LogP contribution < -0.4 is 22.7 Å². The summed E-state index contributed by atoms with van der Waals surface area (Å²) >= 11 is 0. The molecule has 2 aliphatic heterocycles. The third kappa shape index (κ3) is 19.1. The summed E-state index contributed by atoms with van der Waals surface area (Å²) in [5, 5.41) is 25.1. The second-order valence-electron chi connectivity index (χ2n) is 13.5. The minimum absolute atomic E-state index is 0. The molecule has 0 spiro atoms. The Morgan fingerprint density at radius 2 is 1.04 bits per heavy atom. The van der Waals surface area contributed by atoms with Crippen molar-refractivity contribution in [1.29, 1.82) is 0 Å². The molecular formula is C40H73B2N3O7. The van der Waals surface area contributed by atoms with Gasteiger partial charge in [-0.15, -0.1) is 0 Å². The number of nitrogens with two attached hydrogens (primary N) is 3. The van der Waals surface area contributed by atoms with Crippen molar-refractivity contribution in [2.45, 2.75) is 127 Å². The van der Waals surface area contributed by atoms with Crippen molar-refractivity contribution in [3.8, 4) is 0 Å². The van der Waals surface area contributed by atoms with Gasteiger partial charge in [0.05, 0.1) is 22.9 Å². The number of hydrogen-bond donors (Lipinski definition) is 6. The first-order valence-corrected chi connectivity index (χ1v) is 16.9. The summed E-state index contributed by atoms with van der Waals surface area (Å²) in [6.45, 7) is 18.8. The minimum Gasteiger partial charge on any atom is -0.406 e. The van der Waals surface area contributed by atoms with Crippen LogP contribution in [-0.4, -0.2) is 72.3 Å². The second kappa shape index (κ2) is 25.8. The number of nitrogen functional groups attached to an aromatic ring is 3. The maximum Gasteiger partial charge on any atom is 0.494 e. The first-order chi connectivity index (χ1) is 22.9. The van der Waals surface area contributed by atoms with E-state index in [4.69, 9.17) is 51.1 Å². The van der Waals surface area contributed by atoms with Gasteiger partial charge in [0, 0.05) is 43.2 Å². The van der Waals surface area contributed by atoms with Gasteiger partial charge in [0.25, 0.3) is 0 Å². The standard InChI is InChI=1S/C12H18BNO2.C8H11NO.C7H15BO3.C7H9N.C3H8O.3CH4/c1-11(2)12(3,4)16-13(15-11)9-5-7-10(14)8-6-9;9-8-3-1-7(2-4-8)5-6-10;1-6-7(2,3)11-8(10-6)4-5-9;1-6-2-4-7(8)5-3-6;1-2-3-4;;;/h5-8H,14H2,1-4H3;1-4,10H,5-6,9H2;6,9H,4-5H2,1-3H3;2-5H,8H2,1H3;4H,2-3H2,1H3;3*1H4. The SMILES string of the molecule is C.C.C.CC1(C)OB(c2ccc(N)cc2)OC1(C)C.CC1OB(CCO)OC1(C)C.CCCO.Cc1ccc(N)cc1.Nc1ccc(CCO)cc1. The average molecular weight is 730 g/mol. The predicted octanol–water partition coefficient (Wildman–Crippen LogP) is 6.93. The van der Waals surface area contributed by atoms with Gasteiger partial charge < -0.3 is 51.1 Å². The topological polar surface area (TPSA) is 176 Å². The van der Waals surface area contributed by atoms with Gasteiger partial charge in [-0.1, -0.05) is 71.2 Å². The second-order valence-corrected chi connectivity index (χ2v) is 13.5. The Morgan fingerprint density at radius 1 is 0.635 bits per heavy atom. The molecule has 0 amide bonds. The number of hydrogen-bond acceptors (Lipinski definition) is 10. The van der Waals surface area contributed by atoms with Crippen LogP contribution in [0.3, 0.4) is 0 Å². The van der Waals surface area contributed by atoms with E-state index >= 15 is 0 Å². The lowest BCUT2D eigenvalue weighted by Gasteiger charge is -2.32. The first kappa shape index (κ1) is 53.3. The van der Waals surface area contributed by atoms with Crippen molar-refractivity contribution in [2.24, 2.45) is 0 Å². The molecule has 0 bridgehead atoms. The Morgan fingerprint density at radius 3 is 1.37 bits per heavy atom. The van der Waals surface area contributed by atoms with Gasteiger partial charge in [0.15, 0.2) is 0 Å². The largest absolute Gasteiger partial charge is 0.494 e. The summed E-state index contributed by atoms with van der Waals surface area (Å²) < 4.78 is 22.8. The van der Waals surface area contributed by atoms with Crippen LogP contribution in [0.15, 0.2) is 72.8 Å². The molecule has 12 heteroatoms. The van der Waals surface area contributed by atoms with Gasteiger partial charge in [0.2, 0.25) is 0 Å². The third-order valence-electron chi connectivity index (χ3n) is 8.28. The van der Waals surface area contributed by atoms with Gasteiger partial charge in [0.1, 0.15) is 0 Å². The fourth-order valence-corrected chi connectivity index (χ4v) is 4.10. The molecule has 0 saturated carbocycles. The molecule has 2 fully saturated rings. The highest BCUT2D eigenvalue weighted by molar-refractivity contribution is 6.62. The summed E-state index contributed by atoms with van der Waals surface area (Å²) in [5.41, 5.74) is 21.5. The molecule has 52 heavy (non-hydrogen) atoms. The molecule has 296 valence electrons. The zero-order chi connectivity index (χ0) is 37.3. The van der Waals surface area contributed by atoms with E-state index in [9.17, 15) is 0 Å². The lowest BCUT2D eigenvalue weighted by molar-refractivity contribution is 0.00578. The molecule has 0 aromatic heterocycles. The van der Waals surface area contributed by atoms with Gasteiger partial charge in [-0.2, -0.15) is 0 Å². The zero-order valence-corrected chi connectivity index (χ0v) is 31.1. The van der Waals surface area contributed by atoms with E-state index in [2.05, 4.69) is 0 Å². The lowest BCUT2D eigenvalue weighted by atomic mass is 9.79. The lowest BCUT2D eigenvalue weighted by Crippen LogP contribution is -2.41. The van der Waals surface area contributed by atoms with Gasteiger partial charge >= 0.3 is 14.2 Å². The molecule has 2 saturated heterocycles. The van der Waals surface area contributed by atoms with Crippen LogP contribution in [-0.2, 0) is 25.0 Å². The average Bonchev–Trinajstić information content (AvgIpc) is 3.43. The summed E-state index contributed by atoms with van der Waals surface area (Å²) in [6, 6.07) is 22.9. The molecule has 10 nitrogen and oxygen atoms in total. The molecule has 0 radical (unpaired) electrons. The molecule has 1 atom stereocenters. The predicted molar refractivity (Wildman–Crippen MR) is 225 cm³/mol. The summed E-state index contributed by atoms with van der Waals surface area (Å²) in [7, 11) is -0.518. The Balaban J connectivity index is -0.000000599. The Labute approximate surface area is 317 Å². The maximum atomic E-state index is 8.62. The highest BCUT2D eigenvalue weighted by atomic mass is 16.7. The van der Waals surface area contributed by atoms with E-state index in [-0.39, 0.29) is 72.6 Å². The fraction of sp³-hybridized carbons (Fsp3) is 0.550. The first-order valence-electron chi connectivity index (χ1n) is 16.9. The Kier molecular flexibility index (Phi) is 26.4. The molecule has 9 N–H and O–H groups in total. The summed E-state index contributed by atoms with van der Waals surface area (Å²) in [6.07, 6.45) is 2.26. The number of anilines is 3. The number of aliphatic hydroxyl groups is 3. The van der Waals surface area contributed by atoms with Crippen molar-refractivity contribution in [1.82, 2.24) is 0 Å². The van der Waals surface area contributed by atoms with E-state index in [0.717, 1.165) is 34.5 Å². The maximum absolute atomic E-state index is 8.62. The fourth-order valence-electron chi connectivity index (χ4n) is 4.10. The number of aliphatic hydroxyl groups excluding tert-OH is 3. The van der Waals surface area contributed by atoms with Crippen molar-refractivity contribution in [3.63, 3.8) is 0 Å². The summed E-state index contributed by atoms with van der Waals surface area (Å²) in [5.74, 6) is 0. The molecule has 3 aromatic rings. The van der Waals surface area contributed by atoms with Gasteiger partial charge in [-0.25, -0.2) is 0 Å². The molecular weight excluding hydrogens is 656 g/mol. The van der Waals surface area contributed by atoms with Crippen molar-refractivity contribution in [2.75, 3.05) is 37.0 Å². The third-order valence-corrected chi connectivity index (χ3v) is 8.28. The Bertz CT molecular complexity index is 1270. The van der Waals surface area contributed by atoms with E-state index in [1.165, 1.54) is 5.56 Å². The van der Waals surface area contributed by atoms with Crippen molar-refractivity contribution < 1.29 is 33.9 Å². The minimum atomic E-state index is -0.300. The van der Waals surface area contributed by atoms with Crippen LogP contribution in [0.2, 0.25) is 6.32 Å². The summed E-state index contributed by atoms with van der Waals surface area (Å²) in [4.78, 5) is 0. The highest BCUT2D eigenvalue weighted by Crippen LogP contribution is 2.36. The molecule has 3 aromatic carbocycles. The highest BCUT2D eigenvalue weighted by Gasteiger charge is 2.51. The van der Waals surface area contributed by atoms with E-state index in [1.807, 2.05) is 135 Å². The number of rotatable bonds is 6. The van der Waals surface area contributed by atoms with Crippen LogP contribution in [0.25, 0.3) is 0 Å². The molecule has 2 heterocycles. The van der Waals surface area contributed by atoms with Crippen LogP contribution in [0, 0.1) is 6.92 Å². The Hall–Kier alpha value is -3.09. The normalized spacial score (nSPS) is 17.0. The molecule has 0 aliphatic carbocycles. The van der Waals surface area contributed by atoms with Crippen LogP contribution in [0.5, 0.6) is 0 Å². The zero-order valence-electron chi connectivity index (χ0n) is 31.1. The quantitative estimate of drug-likeness (QED) is 0.115. The van der Waals surface area contributed by atoms with Gasteiger partial charge in [-0.3, -0.25) is 0 Å². The van der Waals surface area contributed by atoms with Crippen molar-refractivity contribution >= 4 is 36.8 Å². The molecule has 5 rings (SSSR count). The van der Waals surface area contributed by atoms with E-state index in [1.54, 1.807) is 0 Å². The smallest absolute Gasteiger partial charge is 0.406 e. The van der Waals surface area contributed by atoms with Crippen LogP contribution in [0.4, 0.5) is 17.1 Å². The van der Waals surface area contributed by atoms with Gasteiger partial charge in [-0.05, 0) is 116 Å². The molecule has 2 aliphatic rings. The van der Waals surface area contributed by atoms with Crippen molar-refractivity contribution in [3.05, 3.63) is 83.9 Å². The van der Waals surface area contributed by atoms with E-state index < -0.39 is 0 Å². The van der Waals surface area contributed by atoms with Crippen LogP contribution in [0.1, 0.15) is 95.2 Å². The number of benzene rings is 3. The monoisotopic (exact) mass is 730 g/mol. The van der Waals surface area contributed by atoms with Crippen LogP contribution >= 0.6 is 0 Å². The van der Waals surface area contributed by atoms with E-state index in [0.29, 0.717) is 19.3 Å². The number of aryl methyl sites for hydroxylation is 1. The molecule has 1 unspecified atom stereocenters.